The predicted molar refractivity (Wildman–Crippen MR) is 95.2 cm³/mol. The molecule has 2 unspecified atom stereocenters. The third-order valence-corrected chi connectivity index (χ3v) is 6.70. The molecule has 128 valence electrons. The average molecular weight is 354 g/mol. The van der Waals surface area contributed by atoms with Gasteiger partial charge in [0.2, 0.25) is 0 Å². The Balaban J connectivity index is 1.38. The summed E-state index contributed by atoms with van der Waals surface area (Å²) in [7, 11) is -3.54. The van der Waals surface area contributed by atoms with Crippen LogP contribution in [0.2, 0.25) is 0 Å². The fourth-order valence-corrected chi connectivity index (χ4v) is 5.44. The van der Waals surface area contributed by atoms with Crippen molar-refractivity contribution in [2.75, 3.05) is 31.1 Å². The summed E-state index contributed by atoms with van der Waals surface area (Å²) in [6.07, 6.45) is 1.82. The van der Waals surface area contributed by atoms with Gasteiger partial charge >= 0.3 is 0 Å². The maximum absolute atomic E-state index is 12.3. The number of pyridine rings is 1. The normalized spacial score (nSPS) is 26.5. The van der Waals surface area contributed by atoms with Gasteiger partial charge in [-0.05, 0) is 24.3 Å². The van der Waals surface area contributed by atoms with Crippen molar-refractivity contribution >= 4 is 21.7 Å². The highest BCUT2D eigenvalue weighted by Crippen LogP contribution is 2.36. The smallest absolute Gasteiger partial charge is 0.285 e. The minimum atomic E-state index is -3.54. The lowest BCUT2D eigenvalue weighted by atomic mass is 10.0. The number of sulfonamides is 1. The zero-order valence-electron chi connectivity index (χ0n) is 13.6. The van der Waals surface area contributed by atoms with Crippen LogP contribution in [0.1, 0.15) is 5.56 Å². The van der Waals surface area contributed by atoms with E-state index in [0.717, 1.165) is 37.6 Å². The Labute approximate surface area is 146 Å². The third kappa shape index (κ3) is 2.33. The Morgan fingerprint density at radius 3 is 2.28 bits per heavy atom. The second kappa shape index (κ2) is 5.29. The van der Waals surface area contributed by atoms with Crippen molar-refractivity contribution in [3.8, 4) is 0 Å². The lowest BCUT2D eigenvalue weighted by molar-refractivity contribution is 0.478. The lowest BCUT2D eigenvalue weighted by Crippen LogP contribution is -2.33. The second-order valence-corrected chi connectivity index (χ2v) is 8.48. The van der Waals surface area contributed by atoms with E-state index in [2.05, 4.69) is 19.2 Å². The summed E-state index contributed by atoms with van der Waals surface area (Å²) in [5, 5.41) is 0. The first-order valence-corrected chi connectivity index (χ1v) is 9.91. The Kier molecular flexibility index (Phi) is 3.15. The lowest BCUT2D eigenvalue weighted by Gasteiger charge is -2.23. The summed E-state index contributed by atoms with van der Waals surface area (Å²) in [5.74, 6) is 2.67. The molecule has 0 bridgehead atoms. The number of hydrogen-bond acceptors (Lipinski definition) is 5. The van der Waals surface area contributed by atoms with E-state index in [1.165, 1.54) is 0 Å². The van der Waals surface area contributed by atoms with E-state index >= 15 is 0 Å². The van der Waals surface area contributed by atoms with E-state index in [9.17, 15) is 8.42 Å². The molecule has 25 heavy (non-hydrogen) atoms. The molecule has 3 aliphatic rings. The Morgan fingerprint density at radius 1 is 0.880 bits per heavy atom. The molecule has 0 spiro atoms. The fourth-order valence-electron chi connectivity index (χ4n) is 4.21. The van der Waals surface area contributed by atoms with Crippen LogP contribution in [0.15, 0.2) is 58.0 Å². The molecule has 5 rings (SSSR count). The van der Waals surface area contributed by atoms with Crippen LogP contribution in [0.3, 0.4) is 0 Å². The number of hydrogen-bond donors (Lipinski definition) is 0. The van der Waals surface area contributed by atoms with Gasteiger partial charge in [-0.2, -0.15) is 8.42 Å². The van der Waals surface area contributed by atoms with Crippen LogP contribution < -0.4 is 4.90 Å². The van der Waals surface area contributed by atoms with E-state index in [0.29, 0.717) is 22.6 Å². The molecule has 0 radical (unpaired) electrons. The quantitative estimate of drug-likeness (QED) is 0.778. The fraction of sp³-hybridized carbons (Fsp3) is 0.333. The average Bonchev–Trinajstić information content (AvgIpc) is 3.26. The summed E-state index contributed by atoms with van der Waals surface area (Å²) in [4.78, 5) is 9.25. The first-order chi connectivity index (χ1) is 12.1. The second-order valence-electron chi connectivity index (χ2n) is 6.90. The molecule has 1 aromatic heterocycles. The van der Waals surface area contributed by atoms with Gasteiger partial charge in [-0.15, -0.1) is 4.40 Å². The highest BCUT2D eigenvalue weighted by atomic mass is 32.2. The molecule has 1 aromatic carbocycles. The number of fused-ring (bicyclic) bond motifs is 2. The van der Waals surface area contributed by atoms with Gasteiger partial charge in [0.1, 0.15) is 10.7 Å². The number of benzene rings is 1. The molecule has 0 saturated carbocycles. The molecule has 2 atom stereocenters. The largest absolute Gasteiger partial charge is 0.356 e. The van der Waals surface area contributed by atoms with E-state index in [-0.39, 0.29) is 0 Å². The maximum atomic E-state index is 12.3. The number of likely N-dealkylation sites (tertiary alicyclic amines) is 1. The monoisotopic (exact) mass is 354 g/mol. The number of aromatic nitrogens is 1. The molecule has 3 aliphatic heterocycles. The molecular weight excluding hydrogens is 336 g/mol. The molecule has 2 fully saturated rings. The van der Waals surface area contributed by atoms with E-state index in [1.807, 2.05) is 36.5 Å². The third-order valence-electron chi connectivity index (χ3n) is 5.37. The van der Waals surface area contributed by atoms with Gasteiger partial charge in [-0.25, -0.2) is 4.98 Å². The molecule has 0 N–H and O–H groups in total. The standard InChI is InChI=1S/C18H18N4O2S/c23-25(24)16-6-2-1-5-15(16)18(20-25)22-11-13-9-21(10-14(13)12-22)17-7-3-4-8-19-17/h1-8,13-14H,9-12H2. The molecule has 2 saturated heterocycles. The molecule has 7 heteroatoms. The SMILES string of the molecule is O=S1(=O)N=C(N2CC3CN(c4ccccn4)CC3C2)c2ccccc21. The number of amidine groups is 1. The summed E-state index contributed by atoms with van der Waals surface area (Å²) in [5.41, 5.74) is 0.740. The van der Waals surface area contributed by atoms with Crippen LogP contribution in [0.5, 0.6) is 0 Å². The molecule has 4 heterocycles. The van der Waals surface area contributed by atoms with Crippen molar-refractivity contribution in [1.29, 1.82) is 0 Å². The molecule has 6 nitrogen and oxygen atoms in total. The van der Waals surface area contributed by atoms with Gasteiger partial charge in [0, 0.05) is 49.8 Å². The Morgan fingerprint density at radius 2 is 1.56 bits per heavy atom. The predicted octanol–water partition coefficient (Wildman–Crippen LogP) is 1.60. The van der Waals surface area contributed by atoms with Crippen LogP contribution >= 0.6 is 0 Å². The number of nitrogens with zero attached hydrogens (tertiary/aromatic N) is 4. The van der Waals surface area contributed by atoms with Crippen LogP contribution in [0.4, 0.5) is 5.82 Å². The van der Waals surface area contributed by atoms with Crippen molar-refractivity contribution in [3.63, 3.8) is 0 Å². The van der Waals surface area contributed by atoms with E-state index in [1.54, 1.807) is 12.1 Å². The molecule has 2 aromatic rings. The summed E-state index contributed by atoms with van der Waals surface area (Å²) in [6, 6.07) is 13.1. The van der Waals surface area contributed by atoms with Crippen molar-refractivity contribution < 1.29 is 8.42 Å². The molecule has 0 amide bonds. The highest BCUT2D eigenvalue weighted by molar-refractivity contribution is 7.90. The minimum absolute atomic E-state index is 0.331. The Bertz CT molecular complexity index is 944. The zero-order valence-corrected chi connectivity index (χ0v) is 14.4. The van der Waals surface area contributed by atoms with Gasteiger partial charge < -0.3 is 9.80 Å². The van der Waals surface area contributed by atoms with Gasteiger partial charge in [0.05, 0.1) is 0 Å². The van der Waals surface area contributed by atoms with Crippen molar-refractivity contribution in [1.82, 2.24) is 9.88 Å². The Hall–Kier alpha value is -2.41. The van der Waals surface area contributed by atoms with Crippen molar-refractivity contribution in [3.05, 3.63) is 54.2 Å². The zero-order chi connectivity index (χ0) is 17.0. The van der Waals surface area contributed by atoms with E-state index in [4.69, 9.17) is 0 Å². The van der Waals surface area contributed by atoms with Gasteiger partial charge in [0.25, 0.3) is 10.0 Å². The summed E-state index contributed by atoms with van der Waals surface area (Å²) < 4.78 is 28.6. The minimum Gasteiger partial charge on any atom is -0.356 e. The number of rotatable bonds is 1. The first kappa shape index (κ1) is 14.9. The van der Waals surface area contributed by atoms with Crippen molar-refractivity contribution in [2.24, 2.45) is 16.2 Å². The van der Waals surface area contributed by atoms with Crippen molar-refractivity contribution in [2.45, 2.75) is 4.90 Å². The van der Waals surface area contributed by atoms with E-state index < -0.39 is 10.0 Å². The van der Waals surface area contributed by atoms with Crippen LogP contribution in [-0.2, 0) is 10.0 Å². The van der Waals surface area contributed by atoms with Crippen LogP contribution in [0.25, 0.3) is 0 Å². The van der Waals surface area contributed by atoms with Crippen LogP contribution in [0, 0.1) is 11.8 Å². The molecule has 0 aliphatic carbocycles. The maximum Gasteiger partial charge on any atom is 0.285 e. The first-order valence-electron chi connectivity index (χ1n) is 8.47. The van der Waals surface area contributed by atoms with Crippen LogP contribution in [-0.4, -0.2) is 50.3 Å². The number of anilines is 1. The highest BCUT2D eigenvalue weighted by Gasteiger charge is 2.43. The summed E-state index contributed by atoms with van der Waals surface area (Å²) in [6.45, 7) is 3.60. The summed E-state index contributed by atoms with van der Waals surface area (Å²) >= 11 is 0. The topological polar surface area (TPSA) is 65.9 Å². The van der Waals surface area contributed by atoms with Gasteiger partial charge in [0.15, 0.2) is 5.84 Å². The van der Waals surface area contributed by atoms with Gasteiger partial charge in [-0.3, -0.25) is 0 Å². The van der Waals surface area contributed by atoms with Gasteiger partial charge in [-0.1, -0.05) is 18.2 Å². The molecular formula is C18H18N4O2S.